The summed E-state index contributed by atoms with van der Waals surface area (Å²) in [5.41, 5.74) is -0.159. The summed E-state index contributed by atoms with van der Waals surface area (Å²) >= 11 is 0. The summed E-state index contributed by atoms with van der Waals surface area (Å²) in [5.74, 6) is -0.434. The molecule has 0 aromatic heterocycles. The molecule has 1 rings (SSSR count). The highest BCUT2D eigenvalue weighted by molar-refractivity contribution is 5.90. The summed E-state index contributed by atoms with van der Waals surface area (Å²) in [4.78, 5) is 21.5. The van der Waals surface area contributed by atoms with Crippen molar-refractivity contribution in [1.82, 2.24) is 0 Å². The van der Waals surface area contributed by atoms with Crippen molar-refractivity contribution >= 4 is 11.7 Å². The summed E-state index contributed by atoms with van der Waals surface area (Å²) in [7, 11) is 1.36. The number of hydrogen-bond donors (Lipinski definition) is 0. The highest BCUT2D eigenvalue weighted by Gasteiger charge is 2.15. The minimum atomic E-state index is -0.660. The lowest BCUT2D eigenvalue weighted by Gasteiger charge is -2.04. The van der Waals surface area contributed by atoms with Gasteiger partial charge >= 0.3 is 5.97 Å². The van der Waals surface area contributed by atoms with E-state index in [1.165, 1.54) is 25.3 Å². The molecule has 6 heteroatoms. The number of carbonyl (C=O) groups excluding carboxylic acids is 1. The van der Waals surface area contributed by atoms with E-state index in [1.54, 1.807) is 0 Å². The number of hydrogen-bond acceptors (Lipinski definition) is 5. The van der Waals surface area contributed by atoms with Gasteiger partial charge in [-0.1, -0.05) is 12.7 Å². The van der Waals surface area contributed by atoms with Crippen molar-refractivity contribution in [2.45, 2.75) is 0 Å². The maximum absolute atomic E-state index is 11.5. The van der Waals surface area contributed by atoms with Gasteiger partial charge in [0.25, 0.3) is 5.69 Å². The third-order valence-corrected chi connectivity index (χ3v) is 1.91. The highest BCUT2D eigenvalue weighted by atomic mass is 16.6. The lowest BCUT2D eigenvalue weighted by atomic mass is 10.2. The van der Waals surface area contributed by atoms with Crippen LogP contribution in [0.3, 0.4) is 0 Å². The number of esters is 1. The number of benzene rings is 1. The standard InChI is InChI=1S/C11H11NO5/c1-3-4-17-11(13)8-5-9(12(14)15)7-10(6-8)16-2/h3,5-7H,1,4H2,2H3. The predicted molar refractivity (Wildman–Crippen MR) is 60.1 cm³/mol. The fourth-order valence-electron chi connectivity index (χ4n) is 1.14. The molecule has 1 aromatic carbocycles. The van der Waals surface area contributed by atoms with Crippen LogP contribution in [0.15, 0.2) is 30.9 Å². The zero-order valence-corrected chi connectivity index (χ0v) is 9.21. The summed E-state index contributed by atoms with van der Waals surface area (Å²) < 4.78 is 9.64. The second-order valence-corrected chi connectivity index (χ2v) is 3.06. The molecule has 0 radical (unpaired) electrons. The lowest BCUT2D eigenvalue weighted by Crippen LogP contribution is -2.06. The minimum Gasteiger partial charge on any atom is -0.496 e. The van der Waals surface area contributed by atoms with Crippen molar-refractivity contribution < 1.29 is 19.2 Å². The van der Waals surface area contributed by atoms with Crippen molar-refractivity contribution in [3.8, 4) is 5.75 Å². The van der Waals surface area contributed by atoms with Crippen LogP contribution in [-0.4, -0.2) is 24.6 Å². The van der Waals surface area contributed by atoms with Gasteiger partial charge in [-0.2, -0.15) is 0 Å². The van der Waals surface area contributed by atoms with E-state index < -0.39 is 10.9 Å². The largest absolute Gasteiger partial charge is 0.496 e. The van der Waals surface area contributed by atoms with Crippen molar-refractivity contribution in [3.05, 3.63) is 46.5 Å². The molecule has 17 heavy (non-hydrogen) atoms. The number of ether oxygens (including phenoxy) is 2. The van der Waals surface area contributed by atoms with Crippen LogP contribution < -0.4 is 4.74 Å². The zero-order valence-electron chi connectivity index (χ0n) is 9.21. The van der Waals surface area contributed by atoms with Gasteiger partial charge < -0.3 is 9.47 Å². The molecule has 0 atom stereocenters. The van der Waals surface area contributed by atoms with Crippen LogP contribution in [0.1, 0.15) is 10.4 Å². The Labute approximate surface area is 97.6 Å². The van der Waals surface area contributed by atoms with Gasteiger partial charge in [-0.25, -0.2) is 4.79 Å². The van der Waals surface area contributed by atoms with E-state index in [0.29, 0.717) is 0 Å². The first-order valence-electron chi connectivity index (χ1n) is 4.70. The molecule has 0 amide bonds. The topological polar surface area (TPSA) is 78.7 Å². The quantitative estimate of drug-likeness (QED) is 0.338. The van der Waals surface area contributed by atoms with Crippen LogP contribution in [0.25, 0.3) is 0 Å². The molecule has 90 valence electrons. The van der Waals surface area contributed by atoms with E-state index in [4.69, 9.17) is 9.47 Å². The fraction of sp³-hybridized carbons (Fsp3) is 0.182. The maximum Gasteiger partial charge on any atom is 0.338 e. The Morgan fingerprint density at radius 3 is 2.76 bits per heavy atom. The number of nitro benzene ring substituents is 1. The Kier molecular flexibility index (Phi) is 4.21. The number of methoxy groups -OCH3 is 1. The number of non-ortho nitro benzene ring substituents is 1. The molecule has 0 unspecified atom stereocenters. The van der Waals surface area contributed by atoms with Crippen molar-refractivity contribution in [2.75, 3.05) is 13.7 Å². The van der Waals surface area contributed by atoms with E-state index >= 15 is 0 Å². The van der Waals surface area contributed by atoms with E-state index in [-0.39, 0.29) is 23.6 Å². The third kappa shape index (κ3) is 3.30. The van der Waals surface area contributed by atoms with Gasteiger partial charge in [-0.15, -0.1) is 0 Å². The summed E-state index contributed by atoms with van der Waals surface area (Å²) in [6.45, 7) is 3.44. The highest BCUT2D eigenvalue weighted by Crippen LogP contribution is 2.22. The average Bonchev–Trinajstić information content (AvgIpc) is 2.35. The van der Waals surface area contributed by atoms with Gasteiger partial charge in [-0.05, 0) is 6.07 Å². The molecule has 1 aromatic rings. The van der Waals surface area contributed by atoms with Gasteiger partial charge in [0.15, 0.2) is 0 Å². The minimum absolute atomic E-state index is 0.0455. The molecular weight excluding hydrogens is 226 g/mol. The van der Waals surface area contributed by atoms with E-state index in [9.17, 15) is 14.9 Å². The third-order valence-electron chi connectivity index (χ3n) is 1.91. The first-order chi connectivity index (χ1) is 8.08. The molecule has 0 spiro atoms. The van der Waals surface area contributed by atoms with Gasteiger partial charge in [0.2, 0.25) is 0 Å². The number of carbonyl (C=O) groups is 1. The Balaban J connectivity index is 3.05. The molecule has 0 aliphatic heterocycles. The molecule has 0 fully saturated rings. The average molecular weight is 237 g/mol. The molecule has 0 N–H and O–H groups in total. The normalized spacial score (nSPS) is 9.47. The second kappa shape index (κ2) is 5.64. The molecule has 0 aliphatic carbocycles. The van der Waals surface area contributed by atoms with Gasteiger partial charge in [-0.3, -0.25) is 10.1 Å². The van der Waals surface area contributed by atoms with E-state index in [1.807, 2.05) is 0 Å². The van der Waals surface area contributed by atoms with Gasteiger partial charge in [0.1, 0.15) is 12.4 Å². The fourth-order valence-corrected chi connectivity index (χ4v) is 1.14. The molecule has 0 aliphatic rings. The smallest absolute Gasteiger partial charge is 0.338 e. The van der Waals surface area contributed by atoms with E-state index in [0.717, 1.165) is 6.07 Å². The van der Waals surface area contributed by atoms with E-state index in [2.05, 4.69) is 6.58 Å². The number of nitrogens with zero attached hydrogens (tertiary/aromatic N) is 1. The first-order valence-corrected chi connectivity index (χ1v) is 4.70. The maximum atomic E-state index is 11.5. The van der Waals surface area contributed by atoms with Crippen LogP contribution in [-0.2, 0) is 4.74 Å². The van der Waals surface area contributed by atoms with Crippen LogP contribution >= 0.6 is 0 Å². The number of nitro groups is 1. The first kappa shape index (κ1) is 12.7. The predicted octanol–water partition coefficient (Wildman–Crippen LogP) is 1.95. The summed E-state index contributed by atoms with van der Waals surface area (Å²) in [6.07, 6.45) is 1.41. The van der Waals surface area contributed by atoms with Crippen LogP contribution in [0.4, 0.5) is 5.69 Å². The zero-order chi connectivity index (χ0) is 12.8. The molecule has 0 heterocycles. The van der Waals surface area contributed by atoms with Crippen molar-refractivity contribution in [3.63, 3.8) is 0 Å². The molecule has 0 bridgehead atoms. The van der Waals surface area contributed by atoms with Crippen LogP contribution in [0.2, 0.25) is 0 Å². The molecular formula is C11H11NO5. The Hall–Kier alpha value is -2.37. The van der Waals surface area contributed by atoms with Crippen LogP contribution in [0.5, 0.6) is 5.75 Å². The molecule has 0 saturated heterocycles. The molecule has 0 saturated carbocycles. The van der Waals surface area contributed by atoms with Crippen molar-refractivity contribution in [2.24, 2.45) is 0 Å². The van der Waals surface area contributed by atoms with Gasteiger partial charge in [0.05, 0.1) is 23.7 Å². The Bertz CT molecular complexity index is 455. The second-order valence-electron chi connectivity index (χ2n) is 3.06. The SMILES string of the molecule is C=CCOC(=O)c1cc(OC)cc([N+](=O)[O-])c1. The Morgan fingerprint density at radius 1 is 1.53 bits per heavy atom. The number of rotatable bonds is 5. The lowest BCUT2D eigenvalue weighted by molar-refractivity contribution is -0.385. The molecule has 6 nitrogen and oxygen atoms in total. The Morgan fingerprint density at radius 2 is 2.24 bits per heavy atom. The summed E-state index contributed by atoms with van der Waals surface area (Å²) in [5, 5.41) is 10.6. The van der Waals surface area contributed by atoms with Crippen molar-refractivity contribution in [1.29, 1.82) is 0 Å². The summed E-state index contributed by atoms with van der Waals surface area (Å²) in [6, 6.07) is 3.73. The van der Waals surface area contributed by atoms with Crippen LogP contribution in [0, 0.1) is 10.1 Å². The monoisotopic (exact) mass is 237 g/mol. The van der Waals surface area contributed by atoms with Gasteiger partial charge in [0, 0.05) is 6.07 Å².